The van der Waals surface area contributed by atoms with E-state index in [1.807, 2.05) is 21.1 Å². The first kappa shape index (κ1) is 70.2. The Morgan fingerprint density at radius 2 is 0.760 bits per heavy atom. The van der Waals surface area contributed by atoms with E-state index in [1.165, 1.54) is 6.42 Å². The largest absolute Gasteiger partial charge is 0.545 e. The summed E-state index contributed by atoms with van der Waals surface area (Å²) in [7, 11) is 5.89. The summed E-state index contributed by atoms with van der Waals surface area (Å²) in [5, 5.41) is 11.7. The van der Waals surface area contributed by atoms with Crippen LogP contribution >= 0.6 is 0 Å². The third kappa shape index (κ3) is 56.7. The van der Waals surface area contributed by atoms with Crippen LogP contribution in [0, 0.1) is 0 Å². The molecule has 0 aromatic heterocycles. The highest BCUT2D eigenvalue weighted by molar-refractivity contribution is 5.70. The van der Waals surface area contributed by atoms with E-state index in [1.54, 1.807) is 0 Å². The van der Waals surface area contributed by atoms with E-state index in [4.69, 9.17) is 18.9 Å². The molecule has 0 fully saturated rings. The highest BCUT2D eigenvalue weighted by Gasteiger charge is 2.22. The molecule has 0 saturated heterocycles. The molecule has 0 aromatic carbocycles. The van der Waals surface area contributed by atoms with Gasteiger partial charge >= 0.3 is 11.9 Å². The number of nitrogens with zero attached hydrogens (tertiary/aromatic N) is 1. The van der Waals surface area contributed by atoms with Gasteiger partial charge in [-0.15, -0.1) is 0 Å². The van der Waals surface area contributed by atoms with Crippen molar-refractivity contribution < 1.29 is 42.9 Å². The van der Waals surface area contributed by atoms with E-state index in [9.17, 15) is 19.5 Å². The van der Waals surface area contributed by atoms with E-state index in [-0.39, 0.29) is 38.6 Å². The number of rotatable bonds is 51. The van der Waals surface area contributed by atoms with Crippen molar-refractivity contribution in [3.63, 3.8) is 0 Å². The molecule has 0 aliphatic heterocycles. The van der Waals surface area contributed by atoms with Gasteiger partial charge < -0.3 is 33.3 Å². The van der Waals surface area contributed by atoms with Crippen LogP contribution in [0.15, 0.2) is 146 Å². The number of ether oxygens (including phenoxy) is 4. The van der Waals surface area contributed by atoms with Crippen LogP contribution in [0.4, 0.5) is 0 Å². The first-order valence-electron chi connectivity index (χ1n) is 29.0. The first-order chi connectivity index (χ1) is 36.6. The van der Waals surface area contributed by atoms with Crippen molar-refractivity contribution in [3.05, 3.63) is 146 Å². The second kappa shape index (κ2) is 55.4. The minimum atomic E-state index is -1.64. The van der Waals surface area contributed by atoms with Crippen LogP contribution in [-0.2, 0) is 33.3 Å². The SMILES string of the molecule is CC/C=C\C/C=C\C/C=C\C/C=C\C/C=C\C/C=C\C/C=C\C/C=C\C/C=C\C/C=C\CCCCCCCCC(=O)OC(COC(=O)CCCCCCC/C=C\C/C=C\CCC)COC(OCC[N+](C)(C)C)C(=O)[O-]. The summed E-state index contributed by atoms with van der Waals surface area (Å²) >= 11 is 0. The van der Waals surface area contributed by atoms with Gasteiger partial charge in [-0.1, -0.05) is 211 Å². The summed E-state index contributed by atoms with van der Waals surface area (Å²) in [6.07, 6.45) is 77.6. The molecule has 0 N–H and O–H groups in total. The van der Waals surface area contributed by atoms with Gasteiger partial charge in [-0.3, -0.25) is 9.59 Å². The van der Waals surface area contributed by atoms with Crippen molar-refractivity contribution in [1.82, 2.24) is 0 Å². The Bertz CT molecular complexity index is 1730. The molecule has 2 unspecified atom stereocenters. The molecular weight excluding hydrogens is 935 g/mol. The molecule has 0 rings (SSSR count). The van der Waals surface area contributed by atoms with Crippen LogP contribution in [0.5, 0.6) is 0 Å². The highest BCUT2D eigenvalue weighted by atomic mass is 16.7. The normalized spacial score (nSPS) is 13.9. The second-order valence-corrected chi connectivity index (χ2v) is 19.8. The molecule has 75 heavy (non-hydrogen) atoms. The molecule has 0 aromatic rings. The van der Waals surface area contributed by atoms with E-state index >= 15 is 0 Å². The summed E-state index contributed by atoms with van der Waals surface area (Å²) in [6.45, 7) is 4.50. The maximum atomic E-state index is 12.8. The second-order valence-electron chi connectivity index (χ2n) is 19.8. The number of hydrogen-bond donors (Lipinski definition) is 0. The van der Waals surface area contributed by atoms with Crippen molar-refractivity contribution in [1.29, 1.82) is 0 Å². The van der Waals surface area contributed by atoms with Crippen LogP contribution in [-0.4, -0.2) is 82.3 Å². The van der Waals surface area contributed by atoms with Crippen LogP contribution < -0.4 is 5.11 Å². The zero-order valence-corrected chi connectivity index (χ0v) is 47.9. The van der Waals surface area contributed by atoms with Crippen LogP contribution in [0.2, 0.25) is 0 Å². The molecule has 0 bridgehead atoms. The fraction of sp³-hybridized carbons (Fsp3) is 0.591. The lowest BCUT2D eigenvalue weighted by Crippen LogP contribution is -2.44. The Balaban J connectivity index is 4.25. The van der Waals surface area contributed by atoms with Crippen molar-refractivity contribution in [3.8, 4) is 0 Å². The standard InChI is InChI=1S/C66H105NO8/c1-6-8-10-12-14-16-18-20-21-22-23-24-25-26-27-28-29-30-31-32-33-34-35-36-37-38-39-40-41-42-43-45-47-49-51-53-55-57-64(69)75-62(61-74-66(65(70)71)72-59-58-67(3,4)5)60-73-63(68)56-54-52-50-48-46-44-19-17-15-13-11-9-7-2/h8,10-11,13-14,16-17,19-21,23-24,26-27,29-30,32-33,35-36,38-39,41-42,62,66H,6-7,9,12,15,18,22,25,28,31,34,37,40,43-61H2,1-5H3/b10-8-,13-11-,16-14-,19-17-,21-20-,24-23-,27-26-,30-29-,33-32-,36-35-,39-38-,42-41-. The van der Waals surface area contributed by atoms with Gasteiger partial charge in [0.2, 0.25) is 0 Å². The van der Waals surface area contributed by atoms with Crippen LogP contribution in [0.1, 0.15) is 194 Å². The van der Waals surface area contributed by atoms with Gasteiger partial charge in [-0.2, -0.15) is 0 Å². The summed E-state index contributed by atoms with van der Waals surface area (Å²) < 4.78 is 22.6. The zero-order valence-electron chi connectivity index (χ0n) is 47.9. The highest BCUT2D eigenvalue weighted by Crippen LogP contribution is 2.13. The minimum absolute atomic E-state index is 0.134. The number of unbranched alkanes of at least 4 members (excludes halogenated alkanes) is 12. The van der Waals surface area contributed by atoms with Crippen LogP contribution in [0.25, 0.3) is 0 Å². The fourth-order valence-corrected chi connectivity index (χ4v) is 7.13. The Hall–Kier alpha value is -4.83. The van der Waals surface area contributed by atoms with E-state index in [2.05, 4.69) is 160 Å². The average molecular weight is 1040 g/mol. The molecule has 0 aliphatic carbocycles. The smallest absolute Gasteiger partial charge is 0.306 e. The summed E-state index contributed by atoms with van der Waals surface area (Å²) in [6, 6.07) is 0. The number of aliphatic carboxylic acids is 1. The zero-order chi connectivity index (χ0) is 54.8. The summed E-state index contributed by atoms with van der Waals surface area (Å²) in [4.78, 5) is 37.2. The van der Waals surface area contributed by atoms with E-state index in [0.717, 1.165) is 148 Å². The molecule has 0 spiro atoms. The van der Waals surface area contributed by atoms with Gasteiger partial charge in [-0.05, 0) is 116 Å². The maximum absolute atomic E-state index is 12.8. The molecule has 0 amide bonds. The lowest BCUT2D eigenvalue weighted by atomic mass is 10.1. The number of hydrogen-bond acceptors (Lipinski definition) is 8. The van der Waals surface area contributed by atoms with E-state index < -0.39 is 24.3 Å². The minimum Gasteiger partial charge on any atom is -0.545 e. The van der Waals surface area contributed by atoms with E-state index in [0.29, 0.717) is 23.9 Å². The molecule has 0 heterocycles. The number of carboxylic acids is 1. The molecule has 0 aliphatic rings. The van der Waals surface area contributed by atoms with Crippen molar-refractivity contribution in [2.75, 3.05) is 47.5 Å². The fourth-order valence-electron chi connectivity index (χ4n) is 7.13. The molecule has 0 saturated carbocycles. The lowest BCUT2D eigenvalue weighted by Gasteiger charge is -2.26. The van der Waals surface area contributed by atoms with Crippen molar-refractivity contribution in [2.24, 2.45) is 0 Å². The van der Waals surface area contributed by atoms with Crippen LogP contribution in [0.3, 0.4) is 0 Å². The number of quaternary nitrogens is 1. The van der Waals surface area contributed by atoms with Gasteiger partial charge in [0.15, 0.2) is 12.4 Å². The first-order valence-corrected chi connectivity index (χ1v) is 29.0. The number of carboxylic acid groups (broad SMARTS) is 1. The molecule has 2 atom stereocenters. The predicted molar refractivity (Wildman–Crippen MR) is 315 cm³/mol. The van der Waals surface area contributed by atoms with Gasteiger partial charge in [0.25, 0.3) is 0 Å². The molecule has 422 valence electrons. The Morgan fingerprint density at radius 3 is 1.13 bits per heavy atom. The molecule has 9 heteroatoms. The average Bonchev–Trinajstić information content (AvgIpc) is 3.38. The molecule has 0 radical (unpaired) electrons. The van der Waals surface area contributed by atoms with Crippen molar-refractivity contribution >= 4 is 17.9 Å². The number of likely N-dealkylation sites (N-methyl/N-ethyl adjacent to an activating group) is 1. The maximum Gasteiger partial charge on any atom is 0.306 e. The monoisotopic (exact) mass is 1040 g/mol. The third-order valence-corrected chi connectivity index (χ3v) is 11.6. The molecular formula is C66H105NO8. The summed E-state index contributed by atoms with van der Waals surface area (Å²) in [5.41, 5.74) is 0. The Kier molecular flexibility index (Phi) is 51.8. The van der Waals surface area contributed by atoms with Gasteiger partial charge in [-0.25, -0.2) is 0 Å². The molecule has 9 nitrogen and oxygen atoms in total. The van der Waals surface area contributed by atoms with Gasteiger partial charge in [0.05, 0.1) is 40.3 Å². The topological polar surface area (TPSA) is 111 Å². The lowest BCUT2D eigenvalue weighted by molar-refractivity contribution is -0.870. The van der Waals surface area contributed by atoms with Gasteiger partial charge in [0.1, 0.15) is 13.2 Å². The van der Waals surface area contributed by atoms with Gasteiger partial charge in [0, 0.05) is 12.8 Å². The number of allylic oxidation sites excluding steroid dienone is 24. The van der Waals surface area contributed by atoms with Crippen molar-refractivity contribution in [2.45, 2.75) is 206 Å². The predicted octanol–water partition coefficient (Wildman–Crippen LogP) is 15.9. The third-order valence-electron chi connectivity index (χ3n) is 11.6. The number of carbonyl (C=O) groups is 3. The number of esters is 2. The Labute approximate surface area is 458 Å². The Morgan fingerprint density at radius 1 is 0.413 bits per heavy atom. The number of carbonyl (C=O) groups excluding carboxylic acids is 3. The quantitative estimate of drug-likeness (QED) is 0.0195. The summed E-state index contributed by atoms with van der Waals surface area (Å²) in [5.74, 6) is -2.34.